The van der Waals surface area contributed by atoms with Crippen molar-refractivity contribution in [1.82, 2.24) is 0 Å². The SMILES string of the molecule is CCCCOP(CC)OCCCC. The highest BCUT2D eigenvalue weighted by atomic mass is 31.2. The molecule has 2 nitrogen and oxygen atoms in total. The zero-order chi connectivity index (χ0) is 9.94. The molecule has 80 valence electrons. The van der Waals surface area contributed by atoms with Crippen molar-refractivity contribution < 1.29 is 9.05 Å². The van der Waals surface area contributed by atoms with Crippen LogP contribution in [0.5, 0.6) is 0 Å². The minimum atomic E-state index is -0.582. The Morgan fingerprint density at radius 2 is 1.31 bits per heavy atom. The Balaban J connectivity index is 3.28. The molecule has 0 aliphatic carbocycles. The molecular formula is C10H23O2P. The van der Waals surface area contributed by atoms with Crippen molar-refractivity contribution in [3.63, 3.8) is 0 Å². The normalized spacial score (nSPS) is 11.1. The van der Waals surface area contributed by atoms with Gasteiger partial charge in [-0.1, -0.05) is 33.6 Å². The van der Waals surface area contributed by atoms with Gasteiger partial charge in [-0.25, -0.2) is 0 Å². The molecule has 0 aliphatic rings. The summed E-state index contributed by atoms with van der Waals surface area (Å²) in [5, 5.41) is 0. The van der Waals surface area contributed by atoms with Gasteiger partial charge in [-0.05, 0) is 12.8 Å². The Bertz CT molecular complexity index is 88.9. The third-order valence-corrected chi connectivity index (χ3v) is 3.18. The van der Waals surface area contributed by atoms with Crippen molar-refractivity contribution in [3.8, 4) is 0 Å². The minimum absolute atomic E-state index is 0.582. The largest absolute Gasteiger partial charge is 0.334 e. The standard InChI is InChI=1S/C10H23O2P/c1-4-7-9-11-13(6-3)12-10-8-5-2/h4-10H2,1-3H3. The van der Waals surface area contributed by atoms with Crippen LogP contribution in [0, 0.1) is 0 Å². The van der Waals surface area contributed by atoms with E-state index in [-0.39, 0.29) is 0 Å². The minimum Gasteiger partial charge on any atom is -0.334 e. The van der Waals surface area contributed by atoms with E-state index in [1.807, 2.05) is 0 Å². The van der Waals surface area contributed by atoms with E-state index in [0.717, 1.165) is 32.2 Å². The lowest BCUT2D eigenvalue weighted by Gasteiger charge is -2.15. The average molecular weight is 206 g/mol. The predicted molar refractivity (Wildman–Crippen MR) is 59.2 cm³/mol. The van der Waals surface area contributed by atoms with E-state index in [1.54, 1.807) is 0 Å². The molecule has 0 aromatic heterocycles. The monoisotopic (exact) mass is 206 g/mol. The van der Waals surface area contributed by atoms with Crippen LogP contribution >= 0.6 is 8.38 Å². The molecule has 0 unspecified atom stereocenters. The highest BCUT2D eigenvalue weighted by Gasteiger charge is 2.05. The topological polar surface area (TPSA) is 18.5 Å². The fourth-order valence-corrected chi connectivity index (χ4v) is 1.95. The van der Waals surface area contributed by atoms with Gasteiger partial charge in [-0.3, -0.25) is 0 Å². The van der Waals surface area contributed by atoms with E-state index >= 15 is 0 Å². The first-order chi connectivity index (χ1) is 6.35. The molecule has 0 aromatic rings. The quantitative estimate of drug-likeness (QED) is 0.420. The molecule has 0 bridgehead atoms. The van der Waals surface area contributed by atoms with E-state index in [2.05, 4.69) is 20.8 Å². The van der Waals surface area contributed by atoms with E-state index in [0.29, 0.717) is 0 Å². The lowest BCUT2D eigenvalue weighted by Crippen LogP contribution is -1.96. The number of hydrogen-bond donors (Lipinski definition) is 0. The molecule has 3 heteroatoms. The summed E-state index contributed by atoms with van der Waals surface area (Å²) in [6, 6.07) is 0. The number of rotatable bonds is 9. The van der Waals surface area contributed by atoms with E-state index in [9.17, 15) is 0 Å². The lowest BCUT2D eigenvalue weighted by atomic mass is 10.4. The molecule has 13 heavy (non-hydrogen) atoms. The highest BCUT2D eigenvalue weighted by molar-refractivity contribution is 7.47. The molecule has 0 fully saturated rings. The second kappa shape index (κ2) is 10.4. The van der Waals surface area contributed by atoms with E-state index in [4.69, 9.17) is 9.05 Å². The maximum absolute atomic E-state index is 5.62. The van der Waals surface area contributed by atoms with Crippen LogP contribution in [0.3, 0.4) is 0 Å². The smallest absolute Gasteiger partial charge is 0.170 e. The summed E-state index contributed by atoms with van der Waals surface area (Å²) in [7, 11) is -0.582. The van der Waals surface area contributed by atoms with Gasteiger partial charge in [0.25, 0.3) is 0 Å². The van der Waals surface area contributed by atoms with Gasteiger partial charge in [0.1, 0.15) is 0 Å². The van der Waals surface area contributed by atoms with Crippen molar-refractivity contribution in [2.24, 2.45) is 0 Å². The van der Waals surface area contributed by atoms with E-state index < -0.39 is 8.38 Å². The number of unbranched alkanes of at least 4 members (excludes halogenated alkanes) is 2. The molecule has 0 spiro atoms. The van der Waals surface area contributed by atoms with Crippen LogP contribution in [0.2, 0.25) is 0 Å². The second-order valence-electron chi connectivity index (χ2n) is 3.02. The average Bonchev–Trinajstić information content (AvgIpc) is 2.16. The molecule has 0 atom stereocenters. The third kappa shape index (κ3) is 8.67. The zero-order valence-electron chi connectivity index (χ0n) is 9.21. The first-order valence-corrected chi connectivity index (χ1v) is 6.74. The Kier molecular flexibility index (Phi) is 10.7. The number of hydrogen-bond acceptors (Lipinski definition) is 2. The second-order valence-corrected chi connectivity index (χ2v) is 4.84. The van der Waals surface area contributed by atoms with Gasteiger partial charge in [0, 0.05) is 6.16 Å². The third-order valence-electron chi connectivity index (χ3n) is 1.72. The van der Waals surface area contributed by atoms with Crippen molar-refractivity contribution in [1.29, 1.82) is 0 Å². The highest BCUT2D eigenvalue weighted by Crippen LogP contribution is 2.37. The summed E-state index contributed by atoms with van der Waals surface area (Å²) in [5.74, 6) is 0. The van der Waals surface area contributed by atoms with Gasteiger partial charge in [-0.15, -0.1) is 0 Å². The van der Waals surface area contributed by atoms with Crippen LogP contribution in [-0.2, 0) is 9.05 Å². The Morgan fingerprint density at radius 3 is 1.62 bits per heavy atom. The van der Waals surface area contributed by atoms with Crippen LogP contribution in [0.15, 0.2) is 0 Å². The van der Waals surface area contributed by atoms with Crippen LogP contribution in [0.25, 0.3) is 0 Å². The maximum Gasteiger partial charge on any atom is 0.170 e. The first-order valence-electron chi connectivity index (χ1n) is 5.38. The Labute approximate surface area is 83.9 Å². The summed E-state index contributed by atoms with van der Waals surface area (Å²) < 4.78 is 11.2. The van der Waals surface area contributed by atoms with E-state index in [1.165, 1.54) is 12.8 Å². The molecule has 0 aromatic carbocycles. The zero-order valence-corrected chi connectivity index (χ0v) is 10.1. The molecule has 0 saturated heterocycles. The van der Waals surface area contributed by atoms with Crippen LogP contribution < -0.4 is 0 Å². The van der Waals surface area contributed by atoms with Crippen molar-refractivity contribution in [2.75, 3.05) is 19.4 Å². The van der Waals surface area contributed by atoms with Crippen LogP contribution in [0.4, 0.5) is 0 Å². The van der Waals surface area contributed by atoms with Crippen molar-refractivity contribution in [3.05, 3.63) is 0 Å². The predicted octanol–water partition coefficient (Wildman–Crippen LogP) is 3.95. The van der Waals surface area contributed by atoms with Crippen molar-refractivity contribution in [2.45, 2.75) is 46.5 Å². The Morgan fingerprint density at radius 1 is 0.846 bits per heavy atom. The fraction of sp³-hybridized carbons (Fsp3) is 1.00. The van der Waals surface area contributed by atoms with Gasteiger partial charge in [0.2, 0.25) is 0 Å². The summed E-state index contributed by atoms with van der Waals surface area (Å²) in [5.41, 5.74) is 0. The molecule has 0 aliphatic heterocycles. The molecule has 0 radical (unpaired) electrons. The molecule has 0 N–H and O–H groups in total. The summed E-state index contributed by atoms with van der Waals surface area (Å²) >= 11 is 0. The van der Waals surface area contributed by atoms with Gasteiger partial charge in [0.15, 0.2) is 8.38 Å². The summed E-state index contributed by atoms with van der Waals surface area (Å²) in [6.45, 7) is 8.21. The summed E-state index contributed by atoms with van der Waals surface area (Å²) in [4.78, 5) is 0. The molecular weight excluding hydrogens is 183 g/mol. The molecule has 0 amide bonds. The first kappa shape index (κ1) is 13.4. The molecule has 0 heterocycles. The van der Waals surface area contributed by atoms with Crippen LogP contribution in [-0.4, -0.2) is 19.4 Å². The van der Waals surface area contributed by atoms with Gasteiger partial charge < -0.3 is 9.05 Å². The van der Waals surface area contributed by atoms with Crippen molar-refractivity contribution >= 4 is 8.38 Å². The fourth-order valence-electron chi connectivity index (χ4n) is 0.841. The molecule has 0 rings (SSSR count). The summed E-state index contributed by atoms with van der Waals surface area (Å²) in [6.07, 6.45) is 5.71. The van der Waals surface area contributed by atoms with Gasteiger partial charge in [-0.2, -0.15) is 0 Å². The van der Waals surface area contributed by atoms with Gasteiger partial charge >= 0.3 is 0 Å². The van der Waals surface area contributed by atoms with Crippen LogP contribution in [0.1, 0.15) is 46.5 Å². The lowest BCUT2D eigenvalue weighted by molar-refractivity contribution is 0.244. The maximum atomic E-state index is 5.62. The molecule has 0 saturated carbocycles. The van der Waals surface area contributed by atoms with Gasteiger partial charge in [0.05, 0.1) is 13.2 Å². The Hall–Kier alpha value is 0.350.